The van der Waals surface area contributed by atoms with Gasteiger partial charge in [0.1, 0.15) is 12.2 Å². The van der Waals surface area contributed by atoms with Gasteiger partial charge in [0.2, 0.25) is 0 Å². The number of ketones is 2. The van der Waals surface area contributed by atoms with Gasteiger partial charge in [-0.2, -0.15) is 0 Å². The Morgan fingerprint density at radius 1 is 1.35 bits per heavy atom. The van der Waals surface area contributed by atoms with Crippen molar-refractivity contribution in [2.75, 3.05) is 6.61 Å². The third kappa shape index (κ3) is 1.73. The Morgan fingerprint density at radius 3 is 2.85 bits per heavy atom. The summed E-state index contributed by atoms with van der Waals surface area (Å²) in [5, 5.41) is 9.52. The van der Waals surface area contributed by atoms with E-state index in [1.165, 1.54) is 5.57 Å². The van der Waals surface area contributed by atoms with Gasteiger partial charge in [-0.05, 0) is 67.9 Å². The van der Waals surface area contributed by atoms with Crippen LogP contribution in [-0.2, 0) is 14.3 Å². The summed E-state index contributed by atoms with van der Waals surface area (Å²) in [5.41, 5.74) is 0.745. The van der Waals surface area contributed by atoms with Crippen LogP contribution in [0.5, 0.6) is 0 Å². The molecule has 3 saturated carbocycles. The summed E-state index contributed by atoms with van der Waals surface area (Å²) in [7, 11) is 0. The van der Waals surface area contributed by atoms with Crippen molar-refractivity contribution in [1.82, 2.24) is 0 Å². The molecule has 0 aromatic heterocycles. The predicted octanol–water partition coefficient (Wildman–Crippen LogP) is 2.85. The van der Waals surface area contributed by atoms with E-state index in [2.05, 4.69) is 26.8 Å². The zero-order valence-electron chi connectivity index (χ0n) is 15.8. The molecule has 8 unspecified atom stereocenters. The average Bonchev–Trinajstić information content (AvgIpc) is 3.24. The molecule has 140 valence electrons. The minimum Gasteiger partial charge on any atom is -0.389 e. The molecule has 1 heterocycles. The van der Waals surface area contributed by atoms with E-state index < -0.39 is 0 Å². The Kier molecular flexibility index (Phi) is 3.22. The number of aliphatic hydroxyl groups excluding tert-OH is 1. The summed E-state index contributed by atoms with van der Waals surface area (Å²) in [5.74, 6) is 1.21. The van der Waals surface area contributed by atoms with E-state index in [0.29, 0.717) is 17.8 Å². The average molecular weight is 356 g/mol. The van der Waals surface area contributed by atoms with Gasteiger partial charge in [-0.25, -0.2) is 0 Å². The molecule has 26 heavy (non-hydrogen) atoms. The van der Waals surface area contributed by atoms with E-state index in [-0.39, 0.29) is 46.6 Å². The van der Waals surface area contributed by atoms with Gasteiger partial charge >= 0.3 is 0 Å². The number of hydrogen-bond acceptors (Lipinski definition) is 4. The second-order valence-electron chi connectivity index (χ2n) is 9.78. The molecule has 0 bridgehead atoms. The van der Waals surface area contributed by atoms with Crippen molar-refractivity contribution >= 4 is 11.6 Å². The van der Waals surface area contributed by atoms with Crippen LogP contribution in [0, 0.1) is 34.5 Å². The monoisotopic (exact) mass is 356 g/mol. The van der Waals surface area contributed by atoms with Crippen LogP contribution in [0.2, 0.25) is 0 Å². The number of allylic oxidation sites excluding steroid dienone is 2. The fourth-order valence-corrected chi connectivity index (χ4v) is 7.80. The van der Waals surface area contributed by atoms with Gasteiger partial charge in [-0.3, -0.25) is 9.59 Å². The van der Waals surface area contributed by atoms with E-state index in [0.717, 1.165) is 25.7 Å². The highest BCUT2D eigenvalue weighted by Gasteiger charge is 2.79. The first-order valence-corrected chi connectivity index (χ1v) is 10.0. The largest absolute Gasteiger partial charge is 0.389 e. The van der Waals surface area contributed by atoms with Crippen molar-refractivity contribution in [2.45, 2.75) is 58.2 Å². The van der Waals surface area contributed by atoms with Crippen LogP contribution < -0.4 is 0 Å². The van der Waals surface area contributed by atoms with E-state index in [1.807, 2.05) is 6.08 Å². The van der Waals surface area contributed by atoms with Crippen LogP contribution in [0.25, 0.3) is 0 Å². The fourth-order valence-electron chi connectivity index (χ4n) is 7.80. The van der Waals surface area contributed by atoms with Gasteiger partial charge in [0.15, 0.2) is 11.6 Å². The smallest absolute Gasteiger partial charge is 0.178 e. The van der Waals surface area contributed by atoms with Gasteiger partial charge in [0, 0.05) is 11.3 Å². The van der Waals surface area contributed by atoms with Crippen molar-refractivity contribution in [3.05, 3.63) is 23.8 Å². The zero-order chi connectivity index (χ0) is 18.5. The number of ether oxygens (including phenoxy) is 1. The van der Waals surface area contributed by atoms with Gasteiger partial charge in [0.05, 0.1) is 6.10 Å². The molecule has 1 aliphatic heterocycles. The van der Waals surface area contributed by atoms with Crippen molar-refractivity contribution in [1.29, 1.82) is 0 Å². The molecule has 0 aromatic rings. The first-order chi connectivity index (χ1) is 12.3. The Hall–Kier alpha value is -1.26. The zero-order valence-corrected chi connectivity index (χ0v) is 15.8. The molecule has 5 aliphatic rings. The SMILES string of the molecule is CC1CC2C3CCC4=CC(=O)C=CC4(C)C34OC4CC2(C)C1C(=O)CO. The summed E-state index contributed by atoms with van der Waals surface area (Å²) in [6, 6.07) is 0. The first-order valence-electron chi connectivity index (χ1n) is 10.0. The summed E-state index contributed by atoms with van der Waals surface area (Å²) in [4.78, 5) is 24.4. The molecule has 1 saturated heterocycles. The quantitative estimate of drug-likeness (QED) is 0.773. The lowest BCUT2D eigenvalue weighted by molar-refractivity contribution is -0.132. The number of aliphatic hydroxyl groups is 1. The highest BCUT2D eigenvalue weighted by atomic mass is 16.6. The lowest BCUT2D eigenvalue weighted by Crippen LogP contribution is -2.57. The molecular formula is C22H28O4. The lowest BCUT2D eigenvalue weighted by Gasteiger charge is -2.54. The molecular weight excluding hydrogens is 328 g/mol. The summed E-state index contributed by atoms with van der Waals surface area (Å²) in [6.45, 7) is 6.33. The molecule has 4 aliphatic carbocycles. The molecule has 0 amide bonds. The Balaban J connectivity index is 1.57. The molecule has 4 heteroatoms. The maximum atomic E-state index is 12.5. The number of fused-ring (bicyclic) bond motifs is 3. The molecule has 4 fully saturated rings. The molecule has 4 nitrogen and oxygen atoms in total. The van der Waals surface area contributed by atoms with Crippen molar-refractivity contribution in [2.24, 2.45) is 34.5 Å². The molecule has 0 aromatic carbocycles. The maximum Gasteiger partial charge on any atom is 0.178 e. The summed E-state index contributed by atoms with van der Waals surface area (Å²) < 4.78 is 6.50. The molecule has 8 atom stereocenters. The van der Waals surface area contributed by atoms with Crippen LogP contribution in [-0.4, -0.2) is 35.0 Å². The van der Waals surface area contributed by atoms with Gasteiger partial charge < -0.3 is 9.84 Å². The van der Waals surface area contributed by atoms with Crippen molar-refractivity contribution in [3.8, 4) is 0 Å². The summed E-state index contributed by atoms with van der Waals surface area (Å²) in [6.07, 6.45) is 9.68. The third-order valence-electron chi connectivity index (χ3n) is 8.78. The van der Waals surface area contributed by atoms with Crippen LogP contribution in [0.1, 0.15) is 46.5 Å². The minimum atomic E-state index is -0.353. The van der Waals surface area contributed by atoms with E-state index in [1.54, 1.807) is 6.08 Å². The topological polar surface area (TPSA) is 66.9 Å². The molecule has 5 rings (SSSR count). The lowest BCUT2D eigenvalue weighted by atomic mass is 9.47. The second kappa shape index (κ2) is 4.96. The number of rotatable bonds is 2. The number of carbonyl (C=O) groups excluding carboxylic acids is 2. The standard InChI is InChI=1S/C22H28O4/c1-12-8-16-15-5-4-13-9-14(24)6-7-21(13,3)22(15)18(26-22)10-20(16,2)19(12)17(25)11-23/h6-7,9,12,15-16,18-19,23H,4-5,8,10-11H2,1-3H3. The van der Waals surface area contributed by atoms with Gasteiger partial charge in [-0.1, -0.05) is 25.5 Å². The minimum absolute atomic E-state index is 0.00131. The molecule has 1 spiro atoms. The number of carbonyl (C=O) groups is 2. The Morgan fingerprint density at radius 2 is 2.12 bits per heavy atom. The second-order valence-corrected chi connectivity index (χ2v) is 9.78. The molecule has 0 radical (unpaired) electrons. The number of epoxide rings is 1. The van der Waals surface area contributed by atoms with E-state index >= 15 is 0 Å². The Labute approximate surface area is 154 Å². The van der Waals surface area contributed by atoms with Crippen LogP contribution in [0.4, 0.5) is 0 Å². The first kappa shape index (κ1) is 16.9. The van der Waals surface area contributed by atoms with E-state index in [9.17, 15) is 14.7 Å². The number of hydrogen-bond donors (Lipinski definition) is 1. The highest BCUT2D eigenvalue weighted by Crippen LogP contribution is 2.75. The van der Waals surface area contributed by atoms with Gasteiger partial charge in [-0.15, -0.1) is 0 Å². The van der Waals surface area contributed by atoms with E-state index in [4.69, 9.17) is 4.74 Å². The van der Waals surface area contributed by atoms with Crippen LogP contribution in [0.3, 0.4) is 0 Å². The van der Waals surface area contributed by atoms with Crippen molar-refractivity contribution < 1.29 is 19.4 Å². The Bertz CT molecular complexity index is 766. The van der Waals surface area contributed by atoms with Crippen molar-refractivity contribution in [3.63, 3.8) is 0 Å². The van der Waals surface area contributed by atoms with Crippen LogP contribution >= 0.6 is 0 Å². The normalized spacial score (nSPS) is 53.9. The predicted molar refractivity (Wildman–Crippen MR) is 96.2 cm³/mol. The van der Waals surface area contributed by atoms with Crippen LogP contribution in [0.15, 0.2) is 23.8 Å². The third-order valence-corrected chi connectivity index (χ3v) is 8.78. The maximum absolute atomic E-state index is 12.5. The number of Topliss-reactive ketones (excluding diaryl/α,β-unsaturated/α-hetero) is 1. The summed E-state index contributed by atoms with van der Waals surface area (Å²) >= 11 is 0. The fraction of sp³-hybridized carbons (Fsp3) is 0.727. The molecule has 1 N–H and O–H groups in total. The van der Waals surface area contributed by atoms with Gasteiger partial charge in [0.25, 0.3) is 0 Å². The highest BCUT2D eigenvalue weighted by molar-refractivity contribution is 6.01.